The molecule has 1 fully saturated rings. The van der Waals surface area contributed by atoms with Crippen LogP contribution in [-0.4, -0.2) is 20.9 Å². The fraction of sp³-hybridized carbons (Fsp3) is 0.432. The minimum absolute atomic E-state index is 0. The number of allylic oxidation sites excluding steroid dienone is 2. The number of benzene rings is 2. The molecule has 0 unspecified atom stereocenters. The van der Waals surface area contributed by atoms with E-state index in [-0.39, 0.29) is 43.5 Å². The number of aliphatic hydroxyl groups excluding tert-OH is 1. The van der Waals surface area contributed by atoms with Gasteiger partial charge in [0.15, 0.2) is 5.78 Å². The zero-order valence-corrected chi connectivity index (χ0v) is 28.2. The van der Waals surface area contributed by atoms with Crippen LogP contribution in [0.3, 0.4) is 0 Å². The maximum atomic E-state index is 11.7. The Morgan fingerprint density at radius 3 is 2.42 bits per heavy atom. The summed E-state index contributed by atoms with van der Waals surface area (Å²) in [4.78, 5) is 20.9. The molecule has 0 saturated heterocycles. The molecular weight excluding hydrogens is 713 g/mol. The molecule has 2 aromatic heterocycles. The van der Waals surface area contributed by atoms with Crippen LogP contribution in [0.5, 0.6) is 11.5 Å². The van der Waals surface area contributed by atoms with Crippen molar-refractivity contribution in [3.8, 4) is 22.8 Å². The molecule has 0 atom stereocenters. The van der Waals surface area contributed by atoms with Gasteiger partial charge in [-0.3, -0.25) is 4.79 Å². The summed E-state index contributed by atoms with van der Waals surface area (Å²) in [5.74, 6) is 2.94. The van der Waals surface area contributed by atoms with Crippen LogP contribution in [0.25, 0.3) is 32.9 Å². The average Bonchev–Trinajstić information content (AvgIpc) is 3.03. The first-order valence-electron chi connectivity index (χ1n) is 15.8. The van der Waals surface area contributed by atoms with Crippen molar-refractivity contribution < 1.29 is 34.7 Å². The molecule has 2 aliphatic rings. The van der Waals surface area contributed by atoms with Crippen LogP contribution in [0, 0.1) is 17.9 Å². The van der Waals surface area contributed by atoms with Crippen LogP contribution < -0.4 is 4.74 Å². The van der Waals surface area contributed by atoms with E-state index in [1.54, 1.807) is 6.20 Å². The smallest absolute Gasteiger partial charge is 0.162 e. The van der Waals surface area contributed by atoms with E-state index in [2.05, 4.69) is 35.3 Å². The molecule has 229 valence electrons. The van der Waals surface area contributed by atoms with E-state index in [1.165, 1.54) is 49.1 Å². The van der Waals surface area contributed by atoms with E-state index < -0.39 is 0 Å². The third-order valence-electron chi connectivity index (χ3n) is 9.12. The van der Waals surface area contributed by atoms with E-state index >= 15 is 0 Å². The molecule has 1 radical (unpaired) electrons. The molecule has 0 spiro atoms. The molecule has 4 aromatic rings. The summed E-state index contributed by atoms with van der Waals surface area (Å²) in [6, 6.07) is 16.0. The maximum Gasteiger partial charge on any atom is 0.162 e. The topological polar surface area (TPSA) is 72.3 Å². The summed E-state index contributed by atoms with van der Waals surface area (Å²) in [5.41, 5.74) is 4.19. The molecule has 1 aliphatic carbocycles. The minimum atomic E-state index is 0. The van der Waals surface area contributed by atoms with Crippen LogP contribution in [0.15, 0.2) is 60.6 Å². The predicted molar refractivity (Wildman–Crippen MR) is 171 cm³/mol. The molecule has 6 heteroatoms. The molecule has 6 rings (SSSR count). The van der Waals surface area contributed by atoms with Gasteiger partial charge in [-0.15, -0.1) is 12.1 Å². The SMILES string of the molecule is CCC(CC)C(=O)/C=C(\O)C(CC)CC.[Ir].[c-]1cc2ncccc2c2c1-c1nccc3cc(C4CCCCC4)cc(c13)O2. The summed E-state index contributed by atoms with van der Waals surface area (Å²) in [6.45, 7) is 8.07. The van der Waals surface area contributed by atoms with Crippen LogP contribution in [0.1, 0.15) is 97.0 Å². The first-order chi connectivity index (χ1) is 20.5. The van der Waals surface area contributed by atoms with E-state index in [0.717, 1.165) is 64.7 Å². The standard InChI is InChI=1S/C24H19N2O.C13H24O2.Ir/c1-2-5-15(6-3-1)17-13-16-10-12-26-23-19-8-9-20-18(7-4-11-25-20)24(19)27-21(14-17)22(16)23;1-5-10(6-2)12(14)9-13(15)11(7-3)8-4;/h4,7,9-15H,1-3,5-6H2;9-11,14H,5-8H2,1-4H3;/q-1;;/b;12-9-;. The quantitative estimate of drug-likeness (QED) is 0.0970. The number of hydrogen-bond acceptors (Lipinski definition) is 5. The Bertz CT molecular complexity index is 1580. The maximum absolute atomic E-state index is 11.7. The summed E-state index contributed by atoms with van der Waals surface area (Å²) in [5, 5.41) is 13.1. The predicted octanol–water partition coefficient (Wildman–Crippen LogP) is 10.3. The Kier molecular flexibility index (Phi) is 11.5. The number of ether oxygens (including phenoxy) is 1. The monoisotopic (exact) mass is 756 g/mol. The fourth-order valence-electron chi connectivity index (χ4n) is 6.48. The van der Waals surface area contributed by atoms with Crippen LogP contribution in [-0.2, 0) is 24.9 Å². The molecule has 43 heavy (non-hydrogen) atoms. The Hall–Kier alpha value is -3.08. The van der Waals surface area contributed by atoms with Gasteiger partial charge < -0.3 is 19.8 Å². The van der Waals surface area contributed by atoms with E-state index in [9.17, 15) is 9.90 Å². The van der Waals surface area contributed by atoms with Gasteiger partial charge >= 0.3 is 0 Å². The Balaban J connectivity index is 0.000000230. The third kappa shape index (κ3) is 7.02. The number of aromatic nitrogens is 2. The molecule has 2 aromatic carbocycles. The summed E-state index contributed by atoms with van der Waals surface area (Å²) in [6.07, 6.45) is 15.2. The number of hydrogen-bond donors (Lipinski definition) is 1. The van der Waals surface area contributed by atoms with Crippen LogP contribution >= 0.6 is 0 Å². The van der Waals surface area contributed by atoms with E-state index in [4.69, 9.17) is 9.72 Å². The Labute approximate surface area is 269 Å². The largest absolute Gasteiger partial charge is 0.512 e. The summed E-state index contributed by atoms with van der Waals surface area (Å²) >= 11 is 0. The first-order valence-corrected chi connectivity index (χ1v) is 15.8. The second kappa shape index (κ2) is 15.1. The number of ketones is 1. The number of carbonyl (C=O) groups excluding carboxylic acids is 1. The third-order valence-corrected chi connectivity index (χ3v) is 9.12. The zero-order valence-electron chi connectivity index (χ0n) is 25.8. The van der Waals surface area contributed by atoms with Gasteiger partial charge in [0, 0.05) is 61.5 Å². The second-order valence-corrected chi connectivity index (χ2v) is 11.6. The molecular formula is C37H43IrN2O3-. The first kappa shape index (κ1) is 32.8. The summed E-state index contributed by atoms with van der Waals surface area (Å²) < 4.78 is 6.48. The van der Waals surface area contributed by atoms with Crippen molar-refractivity contribution in [3.05, 3.63) is 72.3 Å². The van der Waals surface area contributed by atoms with Crippen molar-refractivity contribution >= 4 is 27.5 Å². The number of aliphatic hydroxyl groups is 1. The van der Waals surface area contributed by atoms with E-state index in [1.807, 2.05) is 46.0 Å². The van der Waals surface area contributed by atoms with Crippen molar-refractivity contribution in [2.75, 3.05) is 0 Å². The number of rotatable bonds is 8. The van der Waals surface area contributed by atoms with Gasteiger partial charge in [-0.05, 0) is 84.5 Å². The molecule has 1 saturated carbocycles. The number of carbonyl (C=O) groups is 1. The van der Waals surface area contributed by atoms with Crippen molar-refractivity contribution in [1.29, 1.82) is 0 Å². The van der Waals surface area contributed by atoms with Crippen molar-refractivity contribution in [1.82, 2.24) is 9.97 Å². The van der Waals surface area contributed by atoms with Gasteiger partial charge in [0.1, 0.15) is 5.75 Å². The minimum Gasteiger partial charge on any atom is -0.512 e. The van der Waals surface area contributed by atoms with Gasteiger partial charge in [0.2, 0.25) is 0 Å². The van der Waals surface area contributed by atoms with Crippen LogP contribution in [0.2, 0.25) is 0 Å². The van der Waals surface area contributed by atoms with Crippen LogP contribution in [0.4, 0.5) is 0 Å². The van der Waals surface area contributed by atoms with E-state index in [0.29, 0.717) is 5.92 Å². The second-order valence-electron chi connectivity index (χ2n) is 11.6. The molecule has 3 heterocycles. The number of pyridine rings is 2. The molecule has 1 N–H and O–H groups in total. The molecule has 1 aliphatic heterocycles. The average molecular weight is 756 g/mol. The molecule has 0 amide bonds. The van der Waals surface area contributed by atoms with Crippen molar-refractivity contribution in [3.63, 3.8) is 0 Å². The number of nitrogens with zero attached hydrogens (tertiary/aromatic N) is 2. The van der Waals surface area contributed by atoms with Gasteiger partial charge in [-0.1, -0.05) is 64.7 Å². The van der Waals surface area contributed by atoms with Gasteiger partial charge in [0.25, 0.3) is 0 Å². The Morgan fingerprint density at radius 1 is 1.00 bits per heavy atom. The zero-order chi connectivity index (χ0) is 29.6. The van der Waals surface area contributed by atoms with Gasteiger partial charge in [-0.25, -0.2) is 0 Å². The van der Waals surface area contributed by atoms with Gasteiger partial charge in [-0.2, -0.15) is 0 Å². The van der Waals surface area contributed by atoms with Crippen molar-refractivity contribution in [2.45, 2.75) is 91.4 Å². The fourth-order valence-corrected chi connectivity index (χ4v) is 6.48. The number of fused-ring (bicyclic) bond motifs is 4. The van der Waals surface area contributed by atoms with Crippen molar-refractivity contribution in [2.24, 2.45) is 11.8 Å². The Morgan fingerprint density at radius 2 is 1.72 bits per heavy atom. The molecule has 0 bridgehead atoms. The normalized spacial score (nSPS) is 14.6. The molecule has 5 nitrogen and oxygen atoms in total. The van der Waals surface area contributed by atoms with Gasteiger partial charge in [0.05, 0.1) is 11.5 Å². The summed E-state index contributed by atoms with van der Waals surface area (Å²) in [7, 11) is 0.